The van der Waals surface area contributed by atoms with E-state index in [2.05, 4.69) is 20.9 Å². The molecule has 0 aliphatic carbocycles. The molecule has 4 rings (SSSR count). The standard InChI is InChI=1S/C21H20BrN3O3/c1-28-17-4-2-3-14(12-17)20(26)24-7-9-25(10-8-24)21(27)19-13-15-11-16(22)5-6-18(15)23-19/h2-6,11-13,23H,7-10H2,1H3. The summed E-state index contributed by atoms with van der Waals surface area (Å²) in [5.41, 5.74) is 2.10. The molecule has 2 heterocycles. The molecule has 0 bridgehead atoms. The zero-order valence-corrected chi connectivity index (χ0v) is 17.0. The Morgan fingerprint density at radius 3 is 2.39 bits per heavy atom. The van der Waals surface area contributed by atoms with Crippen LogP contribution >= 0.6 is 15.9 Å². The summed E-state index contributed by atoms with van der Waals surface area (Å²) in [5.74, 6) is 0.576. The average molecular weight is 442 g/mol. The molecule has 1 aromatic heterocycles. The third-order valence-corrected chi connectivity index (χ3v) is 5.48. The van der Waals surface area contributed by atoms with Gasteiger partial charge in [0, 0.05) is 47.1 Å². The number of hydrogen-bond donors (Lipinski definition) is 1. The Morgan fingerprint density at radius 1 is 0.964 bits per heavy atom. The molecule has 1 aliphatic heterocycles. The van der Waals surface area contributed by atoms with Gasteiger partial charge in [0.25, 0.3) is 11.8 Å². The van der Waals surface area contributed by atoms with Gasteiger partial charge in [-0.25, -0.2) is 0 Å². The van der Waals surface area contributed by atoms with Crippen molar-refractivity contribution in [1.82, 2.24) is 14.8 Å². The zero-order chi connectivity index (χ0) is 19.7. The fraction of sp³-hybridized carbons (Fsp3) is 0.238. The van der Waals surface area contributed by atoms with Crippen LogP contribution < -0.4 is 4.74 Å². The molecule has 0 unspecified atom stereocenters. The number of hydrogen-bond acceptors (Lipinski definition) is 3. The van der Waals surface area contributed by atoms with E-state index in [-0.39, 0.29) is 11.8 Å². The number of ether oxygens (including phenoxy) is 1. The third kappa shape index (κ3) is 3.62. The Kier molecular flexibility index (Phi) is 5.09. The summed E-state index contributed by atoms with van der Waals surface area (Å²) in [5, 5.41) is 0.990. The Morgan fingerprint density at radius 2 is 1.68 bits per heavy atom. The van der Waals surface area contributed by atoms with E-state index < -0.39 is 0 Å². The van der Waals surface area contributed by atoms with Crippen LogP contribution in [-0.4, -0.2) is 59.9 Å². The molecule has 3 aromatic rings. The van der Waals surface area contributed by atoms with Gasteiger partial charge in [0.05, 0.1) is 7.11 Å². The van der Waals surface area contributed by atoms with Gasteiger partial charge in [0.2, 0.25) is 0 Å². The molecule has 6 nitrogen and oxygen atoms in total. The number of aromatic nitrogens is 1. The first-order chi connectivity index (χ1) is 13.5. The highest BCUT2D eigenvalue weighted by molar-refractivity contribution is 9.10. The molecule has 2 amide bonds. The van der Waals surface area contributed by atoms with E-state index in [4.69, 9.17) is 4.74 Å². The van der Waals surface area contributed by atoms with E-state index >= 15 is 0 Å². The minimum atomic E-state index is -0.0409. The van der Waals surface area contributed by atoms with Crippen LogP contribution in [0.15, 0.2) is 53.0 Å². The molecule has 0 spiro atoms. The van der Waals surface area contributed by atoms with E-state index in [0.29, 0.717) is 43.2 Å². The number of carbonyl (C=O) groups is 2. The van der Waals surface area contributed by atoms with Gasteiger partial charge in [-0.1, -0.05) is 22.0 Å². The first-order valence-corrected chi connectivity index (χ1v) is 9.85. The first-order valence-electron chi connectivity index (χ1n) is 9.06. The lowest BCUT2D eigenvalue weighted by Gasteiger charge is -2.34. The van der Waals surface area contributed by atoms with Gasteiger partial charge in [-0.3, -0.25) is 9.59 Å². The number of benzene rings is 2. The van der Waals surface area contributed by atoms with Crippen molar-refractivity contribution in [3.63, 3.8) is 0 Å². The van der Waals surface area contributed by atoms with Crippen molar-refractivity contribution in [3.8, 4) is 5.75 Å². The van der Waals surface area contributed by atoms with Crippen molar-refractivity contribution >= 4 is 38.6 Å². The maximum Gasteiger partial charge on any atom is 0.270 e. The predicted molar refractivity (Wildman–Crippen MR) is 111 cm³/mol. The Labute approximate surface area is 171 Å². The van der Waals surface area contributed by atoms with E-state index in [0.717, 1.165) is 15.4 Å². The van der Waals surface area contributed by atoms with Crippen molar-refractivity contribution in [2.24, 2.45) is 0 Å². The fourth-order valence-corrected chi connectivity index (χ4v) is 3.82. The number of piperazine rings is 1. The van der Waals surface area contributed by atoms with Crippen LogP contribution in [0.2, 0.25) is 0 Å². The summed E-state index contributed by atoms with van der Waals surface area (Å²) in [7, 11) is 1.58. The lowest BCUT2D eigenvalue weighted by atomic mass is 10.1. The molecular formula is C21H20BrN3O3. The van der Waals surface area contributed by atoms with Crippen LogP contribution in [-0.2, 0) is 0 Å². The van der Waals surface area contributed by atoms with Crippen LogP contribution in [0.25, 0.3) is 10.9 Å². The van der Waals surface area contributed by atoms with Crippen molar-refractivity contribution in [2.45, 2.75) is 0 Å². The highest BCUT2D eigenvalue weighted by Crippen LogP contribution is 2.22. The molecule has 1 fully saturated rings. The van der Waals surface area contributed by atoms with Gasteiger partial charge in [-0.05, 0) is 42.5 Å². The Bertz CT molecular complexity index is 1040. The molecule has 0 saturated carbocycles. The van der Waals surface area contributed by atoms with Crippen LogP contribution in [0.3, 0.4) is 0 Å². The van der Waals surface area contributed by atoms with Gasteiger partial charge >= 0.3 is 0 Å². The summed E-state index contributed by atoms with van der Waals surface area (Å²) >= 11 is 3.45. The number of methoxy groups -OCH3 is 1. The first kappa shape index (κ1) is 18.6. The Hall–Kier alpha value is -2.80. The maximum atomic E-state index is 12.8. The smallest absolute Gasteiger partial charge is 0.270 e. The lowest BCUT2D eigenvalue weighted by molar-refractivity contribution is 0.0532. The van der Waals surface area contributed by atoms with Crippen LogP contribution in [0.1, 0.15) is 20.8 Å². The minimum Gasteiger partial charge on any atom is -0.497 e. The van der Waals surface area contributed by atoms with Crippen LogP contribution in [0.5, 0.6) is 5.75 Å². The summed E-state index contributed by atoms with van der Waals surface area (Å²) in [6.07, 6.45) is 0. The quantitative estimate of drug-likeness (QED) is 0.675. The molecule has 28 heavy (non-hydrogen) atoms. The van der Waals surface area contributed by atoms with E-state index in [1.54, 1.807) is 35.1 Å². The highest BCUT2D eigenvalue weighted by atomic mass is 79.9. The monoisotopic (exact) mass is 441 g/mol. The average Bonchev–Trinajstić information content (AvgIpc) is 3.16. The fourth-order valence-electron chi connectivity index (χ4n) is 3.44. The number of amides is 2. The summed E-state index contributed by atoms with van der Waals surface area (Å²) < 4.78 is 6.17. The SMILES string of the molecule is COc1cccc(C(=O)N2CCN(C(=O)c3cc4cc(Br)ccc4[nH]3)CC2)c1. The molecule has 1 saturated heterocycles. The second kappa shape index (κ2) is 7.67. The molecule has 2 aromatic carbocycles. The van der Waals surface area contributed by atoms with Gasteiger partial charge in [0.1, 0.15) is 11.4 Å². The van der Waals surface area contributed by atoms with E-state index in [1.165, 1.54) is 0 Å². The molecule has 0 atom stereocenters. The minimum absolute atomic E-state index is 0.0403. The molecule has 144 valence electrons. The predicted octanol–water partition coefficient (Wildman–Crippen LogP) is 3.54. The van der Waals surface area contributed by atoms with Gasteiger partial charge in [-0.2, -0.15) is 0 Å². The number of rotatable bonds is 3. The topological polar surface area (TPSA) is 65.6 Å². The summed E-state index contributed by atoms with van der Waals surface area (Å²) in [6, 6.07) is 14.9. The van der Waals surface area contributed by atoms with Crippen LogP contribution in [0.4, 0.5) is 0 Å². The number of fused-ring (bicyclic) bond motifs is 1. The molecule has 7 heteroatoms. The molecule has 1 aliphatic rings. The number of nitrogens with one attached hydrogen (secondary N) is 1. The van der Waals surface area contributed by atoms with E-state index in [9.17, 15) is 9.59 Å². The second-order valence-electron chi connectivity index (χ2n) is 6.73. The van der Waals surface area contributed by atoms with E-state index in [1.807, 2.05) is 30.3 Å². The summed E-state index contributed by atoms with van der Waals surface area (Å²) in [4.78, 5) is 32.3. The number of H-pyrrole nitrogens is 1. The van der Waals surface area contributed by atoms with Crippen LogP contribution in [0, 0.1) is 0 Å². The van der Waals surface area contributed by atoms with Gasteiger partial charge in [-0.15, -0.1) is 0 Å². The highest BCUT2D eigenvalue weighted by Gasteiger charge is 2.26. The Balaban J connectivity index is 1.42. The summed E-state index contributed by atoms with van der Waals surface area (Å²) in [6.45, 7) is 2.03. The van der Waals surface area contributed by atoms with Gasteiger partial charge in [0.15, 0.2) is 0 Å². The van der Waals surface area contributed by atoms with Crippen molar-refractivity contribution in [2.75, 3.05) is 33.3 Å². The van der Waals surface area contributed by atoms with Crippen molar-refractivity contribution in [1.29, 1.82) is 0 Å². The van der Waals surface area contributed by atoms with Crippen molar-refractivity contribution in [3.05, 3.63) is 64.3 Å². The third-order valence-electron chi connectivity index (χ3n) is 4.98. The number of aromatic amines is 1. The lowest BCUT2D eigenvalue weighted by Crippen LogP contribution is -2.50. The molecular weight excluding hydrogens is 422 g/mol. The molecule has 1 N–H and O–H groups in total. The van der Waals surface area contributed by atoms with Crippen molar-refractivity contribution < 1.29 is 14.3 Å². The normalized spacial score (nSPS) is 14.4. The second-order valence-corrected chi connectivity index (χ2v) is 7.65. The maximum absolute atomic E-state index is 12.8. The van der Waals surface area contributed by atoms with Gasteiger partial charge < -0.3 is 19.5 Å². The molecule has 0 radical (unpaired) electrons. The largest absolute Gasteiger partial charge is 0.497 e. The zero-order valence-electron chi connectivity index (χ0n) is 15.4. The number of halogens is 1. The number of nitrogens with zero attached hydrogens (tertiary/aromatic N) is 2. The number of carbonyl (C=O) groups excluding carboxylic acids is 2.